The van der Waals surface area contributed by atoms with Crippen molar-refractivity contribution in [3.63, 3.8) is 0 Å². The maximum atomic E-state index is 6.39. The average molecular weight is 658 g/mol. The summed E-state index contributed by atoms with van der Waals surface area (Å²) in [6.07, 6.45) is 0. The van der Waals surface area contributed by atoms with Gasteiger partial charge in [-0.1, -0.05) is 121 Å². The molecule has 0 amide bonds. The molecule has 4 nitrogen and oxygen atoms in total. The molecule has 0 radical (unpaired) electrons. The fourth-order valence-corrected chi connectivity index (χ4v) is 9.15. The van der Waals surface area contributed by atoms with Gasteiger partial charge in [0, 0.05) is 64.9 Å². The van der Waals surface area contributed by atoms with Crippen molar-refractivity contribution in [2.75, 3.05) is 0 Å². The Kier molecular flexibility index (Phi) is 5.86. The summed E-state index contributed by atoms with van der Waals surface area (Å²) in [6, 6.07) is 53.8. The Balaban J connectivity index is 1.15. The highest BCUT2D eigenvalue weighted by molar-refractivity contribution is 7.26. The first-order chi connectivity index (χ1) is 24.8. The minimum Gasteiger partial charge on any atom is -0.452 e. The molecule has 0 N–H and O–H groups in total. The molecule has 11 rings (SSSR count). The average Bonchev–Trinajstić information content (AvgIpc) is 3.85. The fraction of sp³-hybridized carbons (Fsp3) is 0.0222. The molecule has 0 aliphatic heterocycles. The number of hydrogen-bond donors (Lipinski definition) is 0. The third-order valence-electron chi connectivity index (χ3n) is 10.1. The second-order valence-electron chi connectivity index (χ2n) is 12.9. The van der Waals surface area contributed by atoms with Gasteiger partial charge in [0.1, 0.15) is 16.8 Å². The van der Waals surface area contributed by atoms with Crippen LogP contribution in [0.2, 0.25) is 0 Å². The molecule has 0 spiro atoms. The minimum atomic E-state index is 0.704. The van der Waals surface area contributed by atoms with Crippen LogP contribution in [0.25, 0.3) is 97.5 Å². The molecule has 5 heteroatoms. The van der Waals surface area contributed by atoms with E-state index in [0.29, 0.717) is 11.4 Å². The van der Waals surface area contributed by atoms with Crippen molar-refractivity contribution in [3.8, 4) is 22.6 Å². The largest absolute Gasteiger partial charge is 0.452 e. The topological polar surface area (TPSA) is 43.9 Å². The Bertz CT molecular complexity index is 3130. The van der Waals surface area contributed by atoms with Crippen LogP contribution in [0.15, 0.2) is 156 Å². The maximum Gasteiger partial charge on any atom is 0.180 e. The highest BCUT2D eigenvalue weighted by Crippen LogP contribution is 2.43. The molecule has 0 aliphatic carbocycles. The summed E-state index contributed by atoms with van der Waals surface area (Å²) in [4.78, 5) is 10.5. The van der Waals surface area contributed by atoms with E-state index in [4.69, 9.17) is 14.4 Å². The van der Waals surface area contributed by atoms with Crippen molar-refractivity contribution in [3.05, 3.63) is 157 Å². The summed E-state index contributed by atoms with van der Waals surface area (Å²) in [5, 5.41) is 8.62. The number of aromatic nitrogens is 3. The summed E-state index contributed by atoms with van der Waals surface area (Å²) in [7, 11) is 0. The number of furan rings is 1. The van der Waals surface area contributed by atoms with Gasteiger partial charge in [0.2, 0.25) is 0 Å². The molecular weight excluding hydrogens is 631 g/mol. The first-order valence-corrected chi connectivity index (χ1v) is 17.7. The molecule has 0 bridgehead atoms. The molecule has 4 aromatic heterocycles. The third kappa shape index (κ3) is 3.98. The lowest BCUT2D eigenvalue weighted by Crippen LogP contribution is -2.00. The number of rotatable bonds is 4. The zero-order valence-corrected chi connectivity index (χ0v) is 27.6. The molecule has 234 valence electrons. The number of para-hydroxylation sites is 2. The molecule has 0 fully saturated rings. The van der Waals surface area contributed by atoms with Crippen molar-refractivity contribution in [1.29, 1.82) is 0 Å². The van der Waals surface area contributed by atoms with Gasteiger partial charge >= 0.3 is 0 Å². The van der Waals surface area contributed by atoms with Gasteiger partial charge in [-0.2, -0.15) is 0 Å². The monoisotopic (exact) mass is 657 g/mol. The van der Waals surface area contributed by atoms with Crippen molar-refractivity contribution >= 4 is 86.2 Å². The van der Waals surface area contributed by atoms with E-state index in [1.807, 2.05) is 47.7 Å². The van der Waals surface area contributed by atoms with Gasteiger partial charge in [-0.3, -0.25) is 0 Å². The molecule has 11 aromatic rings. The lowest BCUT2D eigenvalue weighted by Gasteiger charge is -2.11. The Hall–Kier alpha value is -6.30. The van der Waals surface area contributed by atoms with Gasteiger partial charge in [-0.05, 0) is 41.3 Å². The lowest BCUT2D eigenvalue weighted by molar-refractivity contribution is 0.667. The number of fused-ring (bicyclic) bond motifs is 11. The van der Waals surface area contributed by atoms with Gasteiger partial charge in [-0.25, -0.2) is 9.97 Å². The third-order valence-corrected chi connectivity index (χ3v) is 11.3. The van der Waals surface area contributed by atoms with Crippen molar-refractivity contribution in [2.45, 2.75) is 6.54 Å². The molecule has 50 heavy (non-hydrogen) atoms. The SMILES string of the molecule is c1ccc(-c2nc(-c3cccc4c3sc3cccc(Cn5c6ccccc6c6ccc7ccccc7c65)c34)nc3c2oc2ccccc23)cc1. The summed E-state index contributed by atoms with van der Waals surface area (Å²) in [5.41, 5.74) is 9.03. The number of nitrogens with zero attached hydrogens (tertiary/aromatic N) is 3. The molecule has 0 atom stereocenters. The van der Waals surface area contributed by atoms with Crippen molar-refractivity contribution in [2.24, 2.45) is 0 Å². The molecule has 4 heterocycles. The van der Waals surface area contributed by atoms with Crippen LogP contribution in [0.3, 0.4) is 0 Å². The van der Waals surface area contributed by atoms with Gasteiger partial charge in [0.25, 0.3) is 0 Å². The molecule has 0 unspecified atom stereocenters. The van der Waals surface area contributed by atoms with Crippen molar-refractivity contribution in [1.82, 2.24) is 14.5 Å². The van der Waals surface area contributed by atoms with E-state index in [0.717, 1.165) is 39.9 Å². The second-order valence-corrected chi connectivity index (χ2v) is 14.0. The summed E-state index contributed by atoms with van der Waals surface area (Å²) in [5.74, 6) is 0.704. The summed E-state index contributed by atoms with van der Waals surface area (Å²) >= 11 is 1.82. The molecule has 0 saturated carbocycles. The van der Waals surface area contributed by atoms with E-state index < -0.39 is 0 Å². The van der Waals surface area contributed by atoms with Crippen molar-refractivity contribution < 1.29 is 4.42 Å². The number of benzene rings is 7. The first kappa shape index (κ1) is 27.6. The first-order valence-electron chi connectivity index (χ1n) is 16.9. The Morgan fingerprint density at radius 2 is 1.34 bits per heavy atom. The van der Waals surface area contributed by atoms with Crippen LogP contribution in [0.4, 0.5) is 0 Å². The van der Waals surface area contributed by atoms with E-state index in [9.17, 15) is 0 Å². The predicted octanol–water partition coefficient (Wildman–Crippen LogP) is 12.4. The van der Waals surface area contributed by atoms with E-state index in [1.165, 1.54) is 58.3 Å². The normalized spacial score (nSPS) is 12.1. The fourth-order valence-electron chi connectivity index (χ4n) is 7.89. The van der Waals surface area contributed by atoms with E-state index in [-0.39, 0.29) is 0 Å². The molecule has 7 aromatic carbocycles. The zero-order valence-electron chi connectivity index (χ0n) is 26.8. The van der Waals surface area contributed by atoms with E-state index in [2.05, 4.69) is 120 Å². The highest BCUT2D eigenvalue weighted by Gasteiger charge is 2.21. The van der Waals surface area contributed by atoms with Crippen LogP contribution in [-0.2, 0) is 6.54 Å². The number of hydrogen-bond acceptors (Lipinski definition) is 4. The highest BCUT2D eigenvalue weighted by atomic mass is 32.1. The van der Waals surface area contributed by atoms with Gasteiger partial charge < -0.3 is 8.98 Å². The number of thiophene rings is 1. The molecule has 0 aliphatic rings. The van der Waals surface area contributed by atoms with E-state index >= 15 is 0 Å². The predicted molar refractivity (Wildman–Crippen MR) is 209 cm³/mol. The standard InChI is InChI=1S/C45H27N3OS/c1-2-13-28(14-3-1)40-43-41(33-18-7-9-22-37(33)49-43)47-45(46-40)35-20-11-19-34-39-29(15-10-23-38(39)50-44(34)35)26-48-36-21-8-6-17-31(36)32-25-24-27-12-4-5-16-30(27)42(32)48/h1-25H,26H2. The Labute approximate surface area is 290 Å². The Morgan fingerprint density at radius 1 is 0.580 bits per heavy atom. The van der Waals surface area contributed by atoms with Gasteiger partial charge in [0.15, 0.2) is 11.4 Å². The summed E-state index contributed by atoms with van der Waals surface area (Å²) in [6.45, 7) is 0.757. The summed E-state index contributed by atoms with van der Waals surface area (Å²) < 4.78 is 11.4. The van der Waals surface area contributed by atoms with Crippen LogP contribution in [0, 0.1) is 0 Å². The van der Waals surface area contributed by atoms with Gasteiger partial charge in [-0.15, -0.1) is 11.3 Å². The molecule has 0 saturated heterocycles. The quantitative estimate of drug-likeness (QED) is 0.189. The van der Waals surface area contributed by atoms with Crippen LogP contribution >= 0.6 is 11.3 Å². The van der Waals surface area contributed by atoms with Crippen LogP contribution in [0.5, 0.6) is 0 Å². The maximum absolute atomic E-state index is 6.39. The molecular formula is C45H27N3OS. The zero-order chi connectivity index (χ0) is 32.8. The van der Waals surface area contributed by atoms with Gasteiger partial charge in [0.05, 0.1) is 5.52 Å². The van der Waals surface area contributed by atoms with Crippen LogP contribution in [-0.4, -0.2) is 14.5 Å². The van der Waals surface area contributed by atoms with Crippen LogP contribution < -0.4 is 0 Å². The Morgan fingerprint density at radius 3 is 2.26 bits per heavy atom. The lowest BCUT2D eigenvalue weighted by atomic mass is 10.0. The second kappa shape index (κ2) is 10.6. The van der Waals surface area contributed by atoms with E-state index in [1.54, 1.807) is 0 Å². The van der Waals surface area contributed by atoms with Crippen LogP contribution in [0.1, 0.15) is 5.56 Å². The minimum absolute atomic E-state index is 0.704. The smallest absolute Gasteiger partial charge is 0.180 e.